The van der Waals surface area contributed by atoms with Crippen LogP contribution in [0.5, 0.6) is 0 Å². The van der Waals surface area contributed by atoms with E-state index in [2.05, 4.69) is 35.6 Å². The van der Waals surface area contributed by atoms with Gasteiger partial charge in [0.1, 0.15) is 0 Å². The normalized spacial score (nSPS) is 18.7. The van der Waals surface area contributed by atoms with Crippen molar-refractivity contribution in [3.05, 3.63) is 59.1 Å². The van der Waals surface area contributed by atoms with Crippen LogP contribution in [-0.4, -0.2) is 12.6 Å². The first-order valence-corrected chi connectivity index (χ1v) is 7.27. The van der Waals surface area contributed by atoms with Gasteiger partial charge in [0, 0.05) is 11.1 Å². The molecule has 98 valence electrons. The number of hydrogen-bond donors (Lipinski definition) is 1. The Kier molecular flexibility index (Phi) is 3.86. The minimum Gasteiger partial charge on any atom is -0.314 e. The molecule has 0 saturated carbocycles. The number of rotatable bonds is 3. The van der Waals surface area contributed by atoms with Gasteiger partial charge in [-0.05, 0) is 54.6 Å². The molecule has 0 aromatic heterocycles. The van der Waals surface area contributed by atoms with E-state index in [-0.39, 0.29) is 0 Å². The molecule has 1 N–H and O–H groups in total. The Bertz CT molecular complexity index is 541. The molecule has 1 nitrogen and oxygen atoms in total. The lowest BCUT2D eigenvalue weighted by Crippen LogP contribution is -2.23. The quantitative estimate of drug-likeness (QED) is 0.878. The first-order chi connectivity index (χ1) is 9.31. The molecular weight excluding hydrogens is 254 g/mol. The summed E-state index contributed by atoms with van der Waals surface area (Å²) in [5.74, 6) is 0. The van der Waals surface area contributed by atoms with Gasteiger partial charge in [0.15, 0.2) is 0 Å². The SMILES string of the molecule is Clc1cccc(-c2ccc(C[C@@H]3CCCN3)cc2)c1. The number of hydrogen-bond acceptors (Lipinski definition) is 1. The molecule has 2 aromatic rings. The van der Waals surface area contributed by atoms with E-state index >= 15 is 0 Å². The first kappa shape index (κ1) is 12.7. The van der Waals surface area contributed by atoms with E-state index in [0.717, 1.165) is 11.4 Å². The van der Waals surface area contributed by atoms with E-state index in [1.807, 2.05) is 18.2 Å². The molecule has 1 aliphatic heterocycles. The average molecular weight is 272 g/mol. The molecule has 1 atom stereocenters. The Hall–Kier alpha value is -1.31. The fourth-order valence-corrected chi connectivity index (χ4v) is 2.91. The summed E-state index contributed by atoms with van der Waals surface area (Å²) < 4.78 is 0. The molecule has 0 spiro atoms. The van der Waals surface area contributed by atoms with Gasteiger partial charge in [0.2, 0.25) is 0 Å². The van der Waals surface area contributed by atoms with Crippen LogP contribution in [0, 0.1) is 0 Å². The second-order valence-corrected chi connectivity index (χ2v) is 5.64. The summed E-state index contributed by atoms with van der Waals surface area (Å²) in [5, 5.41) is 4.33. The third kappa shape index (κ3) is 3.17. The third-order valence-corrected chi connectivity index (χ3v) is 3.99. The van der Waals surface area contributed by atoms with E-state index in [9.17, 15) is 0 Å². The molecule has 19 heavy (non-hydrogen) atoms. The molecule has 1 aliphatic rings. The molecular formula is C17H18ClN. The Morgan fingerprint density at radius 3 is 2.58 bits per heavy atom. The van der Waals surface area contributed by atoms with Crippen molar-refractivity contribution < 1.29 is 0 Å². The lowest BCUT2D eigenvalue weighted by atomic mass is 10.0. The highest BCUT2D eigenvalue weighted by molar-refractivity contribution is 6.30. The monoisotopic (exact) mass is 271 g/mol. The zero-order valence-electron chi connectivity index (χ0n) is 10.9. The maximum Gasteiger partial charge on any atom is 0.0412 e. The summed E-state index contributed by atoms with van der Waals surface area (Å²) in [6.45, 7) is 1.17. The van der Waals surface area contributed by atoms with Gasteiger partial charge in [-0.2, -0.15) is 0 Å². The molecule has 2 heteroatoms. The van der Waals surface area contributed by atoms with Crippen LogP contribution in [0.15, 0.2) is 48.5 Å². The second-order valence-electron chi connectivity index (χ2n) is 5.20. The van der Waals surface area contributed by atoms with Gasteiger partial charge in [-0.15, -0.1) is 0 Å². The highest BCUT2D eigenvalue weighted by Crippen LogP contribution is 2.23. The van der Waals surface area contributed by atoms with Gasteiger partial charge < -0.3 is 5.32 Å². The molecule has 1 fully saturated rings. The van der Waals surface area contributed by atoms with E-state index in [1.54, 1.807) is 0 Å². The van der Waals surface area contributed by atoms with Crippen molar-refractivity contribution >= 4 is 11.6 Å². The fourth-order valence-electron chi connectivity index (χ4n) is 2.72. The molecule has 0 unspecified atom stereocenters. The Balaban J connectivity index is 1.74. The van der Waals surface area contributed by atoms with E-state index < -0.39 is 0 Å². The summed E-state index contributed by atoms with van der Waals surface area (Å²) >= 11 is 6.03. The molecule has 0 bridgehead atoms. The Labute approximate surface area is 119 Å². The third-order valence-electron chi connectivity index (χ3n) is 3.76. The predicted molar refractivity (Wildman–Crippen MR) is 81.6 cm³/mol. The van der Waals surface area contributed by atoms with Gasteiger partial charge in [0.05, 0.1) is 0 Å². The highest BCUT2D eigenvalue weighted by Gasteiger charge is 2.14. The van der Waals surface area contributed by atoms with Crippen molar-refractivity contribution in [1.29, 1.82) is 0 Å². The van der Waals surface area contributed by atoms with Crippen LogP contribution in [-0.2, 0) is 6.42 Å². The smallest absolute Gasteiger partial charge is 0.0412 e. The fraction of sp³-hybridized carbons (Fsp3) is 0.294. The molecule has 0 radical (unpaired) electrons. The molecule has 0 aliphatic carbocycles. The largest absolute Gasteiger partial charge is 0.314 e. The number of halogens is 1. The van der Waals surface area contributed by atoms with E-state index in [1.165, 1.54) is 36.1 Å². The van der Waals surface area contributed by atoms with Crippen molar-refractivity contribution in [2.75, 3.05) is 6.54 Å². The van der Waals surface area contributed by atoms with Crippen LogP contribution in [0.2, 0.25) is 5.02 Å². The summed E-state index contributed by atoms with van der Waals surface area (Å²) in [6, 6.07) is 17.5. The van der Waals surface area contributed by atoms with Crippen LogP contribution >= 0.6 is 11.6 Å². The highest BCUT2D eigenvalue weighted by atomic mass is 35.5. The summed E-state index contributed by atoms with van der Waals surface area (Å²) in [7, 11) is 0. The van der Waals surface area contributed by atoms with Gasteiger partial charge in [-0.25, -0.2) is 0 Å². The van der Waals surface area contributed by atoms with Gasteiger partial charge >= 0.3 is 0 Å². The predicted octanol–water partition coefficient (Wildman–Crippen LogP) is 4.30. The molecule has 1 heterocycles. The lowest BCUT2D eigenvalue weighted by Gasteiger charge is -2.10. The van der Waals surface area contributed by atoms with Crippen LogP contribution < -0.4 is 5.32 Å². The average Bonchev–Trinajstić information content (AvgIpc) is 2.92. The lowest BCUT2D eigenvalue weighted by molar-refractivity contribution is 0.603. The van der Waals surface area contributed by atoms with Crippen molar-refractivity contribution in [1.82, 2.24) is 5.32 Å². The second kappa shape index (κ2) is 5.77. The maximum absolute atomic E-state index is 6.03. The first-order valence-electron chi connectivity index (χ1n) is 6.89. The van der Waals surface area contributed by atoms with Crippen LogP contribution in [0.1, 0.15) is 18.4 Å². The van der Waals surface area contributed by atoms with Crippen molar-refractivity contribution in [2.24, 2.45) is 0 Å². The molecule has 3 rings (SSSR count). The zero-order chi connectivity index (χ0) is 13.1. The molecule has 2 aromatic carbocycles. The summed E-state index contributed by atoms with van der Waals surface area (Å²) in [4.78, 5) is 0. The van der Waals surface area contributed by atoms with Crippen LogP contribution in [0.25, 0.3) is 11.1 Å². The number of benzene rings is 2. The van der Waals surface area contributed by atoms with Gasteiger partial charge in [-0.3, -0.25) is 0 Å². The summed E-state index contributed by atoms with van der Waals surface area (Å²) in [5.41, 5.74) is 3.81. The van der Waals surface area contributed by atoms with Gasteiger partial charge in [-0.1, -0.05) is 48.0 Å². The van der Waals surface area contributed by atoms with Crippen LogP contribution in [0.3, 0.4) is 0 Å². The topological polar surface area (TPSA) is 12.0 Å². The molecule has 1 saturated heterocycles. The standard InChI is InChI=1S/C17H18ClN/c18-16-4-1-3-15(12-16)14-8-6-13(7-9-14)11-17-5-2-10-19-17/h1,3-4,6-9,12,17,19H,2,5,10-11H2/t17-/m0/s1. The Morgan fingerprint density at radius 2 is 1.89 bits per heavy atom. The van der Waals surface area contributed by atoms with E-state index in [0.29, 0.717) is 6.04 Å². The Morgan fingerprint density at radius 1 is 1.05 bits per heavy atom. The van der Waals surface area contributed by atoms with Gasteiger partial charge in [0.25, 0.3) is 0 Å². The van der Waals surface area contributed by atoms with E-state index in [4.69, 9.17) is 11.6 Å². The molecule has 0 amide bonds. The summed E-state index contributed by atoms with van der Waals surface area (Å²) in [6.07, 6.45) is 3.75. The zero-order valence-corrected chi connectivity index (χ0v) is 11.7. The number of nitrogens with one attached hydrogen (secondary N) is 1. The van der Waals surface area contributed by atoms with Crippen LogP contribution in [0.4, 0.5) is 0 Å². The van der Waals surface area contributed by atoms with Crippen molar-refractivity contribution in [2.45, 2.75) is 25.3 Å². The van der Waals surface area contributed by atoms with Crippen molar-refractivity contribution in [3.8, 4) is 11.1 Å². The van der Waals surface area contributed by atoms with Crippen molar-refractivity contribution in [3.63, 3.8) is 0 Å². The minimum absolute atomic E-state index is 0.664. The maximum atomic E-state index is 6.03. The minimum atomic E-state index is 0.664.